The first-order valence-corrected chi connectivity index (χ1v) is 8.69. The van der Waals surface area contributed by atoms with E-state index in [1.54, 1.807) is 12.1 Å². The minimum atomic E-state index is -3.95. The highest BCUT2D eigenvalue weighted by molar-refractivity contribution is 7.90. The first kappa shape index (κ1) is 15.9. The highest BCUT2D eigenvalue weighted by atomic mass is 35.5. The van der Waals surface area contributed by atoms with E-state index in [-0.39, 0.29) is 20.7 Å². The predicted octanol–water partition coefficient (Wildman–Crippen LogP) is 3.80. The molecule has 3 rings (SSSR count). The number of hydrogen-bond donors (Lipinski definition) is 0. The molecular formula is C16H9Cl2NO3S. The smallest absolute Gasteiger partial charge is 0.282 e. The van der Waals surface area contributed by atoms with Crippen LogP contribution in [0.15, 0.2) is 74.0 Å². The molecule has 0 spiro atoms. The van der Waals surface area contributed by atoms with Crippen LogP contribution in [0.1, 0.15) is 0 Å². The van der Waals surface area contributed by atoms with Gasteiger partial charge in [-0.05, 0) is 35.1 Å². The summed E-state index contributed by atoms with van der Waals surface area (Å²) in [5, 5.41) is 1.36. The molecular weight excluding hydrogens is 357 g/mol. The summed E-state index contributed by atoms with van der Waals surface area (Å²) in [6.45, 7) is 0. The molecule has 0 unspecified atom stereocenters. The van der Waals surface area contributed by atoms with Crippen LogP contribution in [-0.2, 0) is 14.8 Å². The van der Waals surface area contributed by atoms with E-state index in [9.17, 15) is 13.2 Å². The second kappa shape index (κ2) is 5.92. The maximum absolute atomic E-state index is 12.4. The third-order valence-corrected chi connectivity index (χ3v) is 5.09. The van der Waals surface area contributed by atoms with Gasteiger partial charge in [0.25, 0.3) is 10.0 Å². The molecule has 0 radical (unpaired) electrons. The highest BCUT2D eigenvalue weighted by Gasteiger charge is 2.20. The van der Waals surface area contributed by atoms with Gasteiger partial charge in [-0.3, -0.25) is 4.79 Å². The van der Waals surface area contributed by atoms with Gasteiger partial charge in [-0.25, -0.2) is 0 Å². The van der Waals surface area contributed by atoms with Gasteiger partial charge in [0.2, 0.25) is 5.78 Å². The number of nitrogens with zero attached hydrogens (tertiary/aromatic N) is 1. The first-order chi connectivity index (χ1) is 10.9. The fourth-order valence-electron chi connectivity index (χ4n) is 2.12. The lowest BCUT2D eigenvalue weighted by atomic mass is 10.1. The molecule has 0 N–H and O–H groups in total. The van der Waals surface area contributed by atoms with Crippen LogP contribution in [0.4, 0.5) is 0 Å². The van der Waals surface area contributed by atoms with Crippen molar-refractivity contribution in [2.24, 2.45) is 4.40 Å². The number of allylic oxidation sites excluding steroid dienone is 4. The summed E-state index contributed by atoms with van der Waals surface area (Å²) < 4.78 is 28.5. The van der Waals surface area contributed by atoms with Crippen LogP contribution in [0, 0.1) is 0 Å². The number of hydrogen-bond acceptors (Lipinski definition) is 3. The molecule has 23 heavy (non-hydrogen) atoms. The molecule has 0 saturated carbocycles. The van der Waals surface area contributed by atoms with Crippen molar-refractivity contribution in [3.63, 3.8) is 0 Å². The van der Waals surface area contributed by atoms with Crippen LogP contribution in [0.3, 0.4) is 0 Å². The third-order valence-electron chi connectivity index (χ3n) is 3.23. The summed E-state index contributed by atoms with van der Waals surface area (Å²) in [7, 11) is -3.95. The van der Waals surface area contributed by atoms with Crippen molar-refractivity contribution in [1.82, 2.24) is 0 Å². The van der Waals surface area contributed by atoms with Gasteiger partial charge in [-0.1, -0.05) is 53.5 Å². The van der Waals surface area contributed by atoms with Crippen LogP contribution in [-0.4, -0.2) is 19.9 Å². The Morgan fingerprint density at radius 3 is 2.13 bits per heavy atom. The van der Waals surface area contributed by atoms with E-state index >= 15 is 0 Å². The molecule has 0 saturated heterocycles. The number of carbonyl (C=O) groups excluding carboxylic acids is 1. The molecule has 1 aliphatic rings. The summed E-state index contributed by atoms with van der Waals surface area (Å²) >= 11 is 11.4. The minimum Gasteiger partial charge on any atom is -0.287 e. The molecule has 4 nitrogen and oxygen atoms in total. The van der Waals surface area contributed by atoms with E-state index in [2.05, 4.69) is 4.40 Å². The van der Waals surface area contributed by atoms with Crippen LogP contribution in [0.5, 0.6) is 0 Å². The number of carbonyl (C=O) groups is 1. The van der Waals surface area contributed by atoms with Crippen molar-refractivity contribution in [3.8, 4) is 0 Å². The second-order valence-electron chi connectivity index (χ2n) is 4.81. The van der Waals surface area contributed by atoms with Gasteiger partial charge in [0.05, 0.1) is 20.7 Å². The van der Waals surface area contributed by atoms with Crippen molar-refractivity contribution in [2.75, 3.05) is 0 Å². The minimum absolute atomic E-state index is 0.00718. The fraction of sp³-hybridized carbons (Fsp3) is 0. The number of halogens is 2. The number of rotatable bonds is 2. The van der Waals surface area contributed by atoms with Gasteiger partial charge in [0.1, 0.15) is 0 Å². The summed E-state index contributed by atoms with van der Waals surface area (Å²) in [4.78, 5) is 11.5. The normalized spacial score (nSPS) is 15.4. The zero-order valence-electron chi connectivity index (χ0n) is 11.5. The van der Waals surface area contributed by atoms with Gasteiger partial charge < -0.3 is 0 Å². The molecule has 1 aliphatic carbocycles. The average Bonchev–Trinajstić information content (AvgIpc) is 2.51. The Labute approximate surface area is 142 Å². The Hall–Kier alpha value is -1.95. The second-order valence-corrected chi connectivity index (χ2v) is 7.23. The van der Waals surface area contributed by atoms with Gasteiger partial charge in [0, 0.05) is 0 Å². The Morgan fingerprint density at radius 1 is 0.870 bits per heavy atom. The Morgan fingerprint density at radius 2 is 1.48 bits per heavy atom. The maximum atomic E-state index is 12.4. The molecule has 0 aliphatic heterocycles. The van der Waals surface area contributed by atoms with E-state index in [0.717, 1.165) is 10.8 Å². The quantitative estimate of drug-likeness (QED) is 0.760. The highest BCUT2D eigenvalue weighted by Crippen LogP contribution is 2.23. The third kappa shape index (κ3) is 3.22. The van der Waals surface area contributed by atoms with Gasteiger partial charge in [-0.2, -0.15) is 12.8 Å². The standard InChI is InChI=1S/C16H9Cl2NO3S/c17-14-8-12(9-15(18)16(14)20)19-23(21,22)13-6-5-10-3-1-2-4-11(10)7-13/h1-9H. The lowest BCUT2D eigenvalue weighted by Gasteiger charge is -2.06. The van der Waals surface area contributed by atoms with Crippen LogP contribution in [0.25, 0.3) is 10.8 Å². The van der Waals surface area contributed by atoms with Crippen molar-refractivity contribution in [2.45, 2.75) is 4.90 Å². The van der Waals surface area contributed by atoms with Crippen molar-refractivity contribution >= 4 is 55.5 Å². The largest absolute Gasteiger partial charge is 0.287 e. The molecule has 2 aromatic carbocycles. The number of fused-ring (bicyclic) bond motifs is 1. The van der Waals surface area contributed by atoms with Gasteiger partial charge >= 0.3 is 0 Å². The molecule has 2 aromatic rings. The van der Waals surface area contributed by atoms with Crippen LogP contribution in [0.2, 0.25) is 0 Å². The SMILES string of the molecule is O=C1C(Cl)=CC(=NS(=O)(=O)c2ccc3ccccc3c2)C=C1Cl. The van der Waals surface area contributed by atoms with E-state index in [0.29, 0.717) is 0 Å². The summed E-state index contributed by atoms with van der Waals surface area (Å²) in [6, 6.07) is 12.1. The van der Waals surface area contributed by atoms with E-state index in [4.69, 9.17) is 23.2 Å². The lowest BCUT2D eigenvalue weighted by Crippen LogP contribution is -2.10. The van der Waals surface area contributed by atoms with Crippen LogP contribution >= 0.6 is 23.2 Å². The van der Waals surface area contributed by atoms with E-state index < -0.39 is 15.8 Å². The first-order valence-electron chi connectivity index (χ1n) is 6.50. The van der Waals surface area contributed by atoms with E-state index in [1.165, 1.54) is 18.2 Å². The van der Waals surface area contributed by atoms with Crippen molar-refractivity contribution in [1.29, 1.82) is 0 Å². The Balaban J connectivity index is 2.07. The Kier molecular flexibility index (Phi) is 4.10. The van der Waals surface area contributed by atoms with Gasteiger partial charge in [0.15, 0.2) is 0 Å². The molecule has 7 heteroatoms. The molecule has 116 valence electrons. The number of benzene rings is 2. The molecule has 0 atom stereocenters. The monoisotopic (exact) mass is 365 g/mol. The topological polar surface area (TPSA) is 63.6 Å². The molecule has 0 bridgehead atoms. The number of ketones is 1. The fourth-order valence-corrected chi connectivity index (χ4v) is 3.60. The lowest BCUT2D eigenvalue weighted by molar-refractivity contribution is -0.111. The molecule has 0 amide bonds. The van der Waals surface area contributed by atoms with E-state index in [1.807, 2.05) is 24.3 Å². The summed E-state index contributed by atoms with van der Waals surface area (Å²) in [5.41, 5.74) is 0.00718. The summed E-state index contributed by atoms with van der Waals surface area (Å²) in [6.07, 6.45) is 2.35. The van der Waals surface area contributed by atoms with Crippen molar-refractivity contribution < 1.29 is 13.2 Å². The predicted molar refractivity (Wildman–Crippen MR) is 91.4 cm³/mol. The van der Waals surface area contributed by atoms with Gasteiger partial charge in [-0.15, -0.1) is 0 Å². The molecule has 0 aromatic heterocycles. The molecule has 0 fully saturated rings. The zero-order valence-corrected chi connectivity index (χ0v) is 13.9. The van der Waals surface area contributed by atoms with Crippen LogP contribution < -0.4 is 0 Å². The zero-order chi connectivity index (χ0) is 16.6. The maximum Gasteiger partial charge on any atom is 0.282 e. The number of sulfonamides is 1. The number of Topliss-reactive ketones (excluding diaryl/α,β-unsaturated/α-hetero) is 1. The Bertz CT molecular complexity index is 997. The average molecular weight is 366 g/mol. The van der Waals surface area contributed by atoms with Crippen molar-refractivity contribution in [3.05, 3.63) is 64.7 Å². The molecule has 0 heterocycles. The summed E-state index contributed by atoms with van der Waals surface area (Å²) in [5.74, 6) is -0.560.